The maximum absolute atomic E-state index is 12.9. The van der Waals surface area contributed by atoms with Crippen molar-refractivity contribution in [2.24, 2.45) is 5.92 Å². The van der Waals surface area contributed by atoms with Crippen molar-refractivity contribution in [2.75, 3.05) is 31.5 Å². The van der Waals surface area contributed by atoms with Gasteiger partial charge in [-0.25, -0.2) is 0 Å². The largest absolute Gasteiger partial charge is 0.342 e. The molecule has 2 aromatic rings. The first-order valence-corrected chi connectivity index (χ1v) is 11.7. The van der Waals surface area contributed by atoms with Crippen molar-refractivity contribution in [1.82, 2.24) is 20.0 Å². The number of aromatic nitrogens is 2. The van der Waals surface area contributed by atoms with Crippen LogP contribution in [0.4, 0.5) is 5.69 Å². The quantitative estimate of drug-likeness (QED) is 0.753. The molecule has 0 spiro atoms. The zero-order valence-electron chi connectivity index (χ0n) is 17.1. The minimum atomic E-state index is -0.449. The van der Waals surface area contributed by atoms with Crippen LogP contribution in [0.2, 0.25) is 5.02 Å². The van der Waals surface area contributed by atoms with E-state index in [4.69, 9.17) is 11.6 Å². The molecule has 4 rings (SSSR count). The molecule has 2 fully saturated rings. The van der Waals surface area contributed by atoms with Crippen LogP contribution in [0, 0.1) is 5.92 Å². The highest BCUT2D eigenvalue weighted by atomic mass is 35.5. The number of benzene rings is 1. The maximum atomic E-state index is 12.9. The van der Waals surface area contributed by atoms with Crippen LogP contribution in [0.3, 0.4) is 0 Å². The molecule has 3 heterocycles. The molecule has 0 aliphatic carbocycles. The van der Waals surface area contributed by atoms with E-state index >= 15 is 0 Å². The lowest BCUT2D eigenvalue weighted by molar-refractivity contribution is -0.137. The minimum Gasteiger partial charge on any atom is -0.342 e. The summed E-state index contributed by atoms with van der Waals surface area (Å²) in [6, 6.07) is 6.77. The second-order valence-electron chi connectivity index (χ2n) is 7.85. The van der Waals surface area contributed by atoms with Crippen molar-refractivity contribution in [3.8, 4) is 0 Å². The van der Waals surface area contributed by atoms with Crippen LogP contribution >= 0.6 is 22.9 Å². The molecular formula is C21H24ClN5O3S. The summed E-state index contributed by atoms with van der Waals surface area (Å²) in [6.45, 7) is 2.58. The van der Waals surface area contributed by atoms with E-state index in [-0.39, 0.29) is 27.7 Å². The molecule has 31 heavy (non-hydrogen) atoms. The Balaban J connectivity index is 1.38. The van der Waals surface area contributed by atoms with E-state index in [1.807, 2.05) is 4.90 Å². The van der Waals surface area contributed by atoms with Crippen molar-refractivity contribution < 1.29 is 14.4 Å². The maximum Gasteiger partial charge on any atom is 0.286 e. The summed E-state index contributed by atoms with van der Waals surface area (Å²) >= 11 is 6.89. The Morgan fingerprint density at radius 2 is 1.74 bits per heavy atom. The smallest absolute Gasteiger partial charge is 0.286 e. The number of nitrogens with zero attached hydrogens (tertiary/aromatic N) is 4. The van der Waals surface area contributed by atoms with Gasteiger partial charge in [-0.3, -0.25) is 14.4 Å². The summed E-state index contributed by atoms with van der Waals surface area (Å²) in [5.41, 5.74) is 0.538. The number of hydrogen-bond acceptors (Lipinski definition) is 6. The van der Waals surface area contributed by atoms with Crippen molar-refractivity contribution in [3.63, 3.8) is 0 Å². The van der Waals surface area contributed by atoms with Crippen LogP contribution in [0.5, 0.6) is 0 Å². The highest BCUT2D eigenvalue weighted by Crippen LogP contribution is 2.24. The number of rotatable bonds is 4. The van der Waals surface area contributed by atoms with E-state index < -0.39 is 5.91 Å². The minimum absolute atomic E-state index is 0.0984. The molecule has 164 valence electrons. The van der Waals surface area contributed by atoms with Crippen LogP contribution in [-0.2, 0) is 4.79 Å². The van der Waals surface area contributed by atoms with E-state index in [1.54, 1.807) is 29.2 Å². The average Bonchev–Trinajstić information content (AvgIpc) is 3.29. The molecule has 1 aromatic heterocycles. The SMILES string of the molecule is O=C(Nc1cccc(Cl)c1)c1nnc(C(=O)N2CCCC(C(=O)N3CCCCC3)C2)s1. The van der Waals surface area contributed by atoms with E-state index in [9.17, 15) is 14.4 Å². The molecule has 0 saturated carbocycles. The van der Waals surface area contributed by atoms with Gasteiger partial charge < -0.3 is 15.1 Å². The molecule has 1 N–H and O–H groups in total. The molecule has 0 bridgehead atoms. The third kappa shape index (κ3) is 5.22. The number of nitrogens with one attached hydrogen (secondary N) is 1. The van der Waals surface area contributed by atoms with Gasteiger partial charge in [0, 0.05) is 36.9 Å². The van der Waals surface area contributed by atoms with Crippen LogP contribution in [-0.4, -0.2) is 63.9 Å². The molecule has 1 aromatic carbocycles. The van der Waals surface area contributed by atoms with Gasteiger partial charge in [-0.15, -0.1) is 10.2 Å². The number of anilines is 1. The predicted molar refractivity (Wildman–Crippen MR) is 118 cm³/mol. The van der Waals surface area contributed by atoms with Crippen molar-refractivity contribution >= 4 is 46.3 Å². The zero-order valence-corrected chi connectivity index (χ0v) is 18.6. The Bertz CT molecular complexity index is 975. The lowest BCUT2D eigenvalue weighted by Gasteiger charge is -2.35. The molecule has 3 amide bonds. The molecule has 2 aliphatic heterocycles. The van der Waals surface area contributed by atoms with Gasteiger partial charge in [-0.2, -0.15) is 0 Å². The molecule has 8 nitrogen and oxygen atoms in total. The summed E-state index contributed by atoms with van der Waals surface area (Å²) < 4.78 is 0. The van der Waals surface area contributed by atoms with Crippen molar-refractivity contribution in [2.45, 2.75) is 32.1 Å². The summed E-state index contributed by atoms with van der Waals surface area (Å²) in [6.07, 6.45) is 4.83. The Morgan fingerprint density at radius 1 is 1.00 bits per heavy atom. The second-order valence-corrected chi connectivity index (χ2v) is 9.27. The summed E-state index contributed by atoms with van der Waals surface area (Å²) in [5, 5.41) is 11.3. The van der Waals surface area contributed by atoms with Gasteiger partial charge in [0.15, 0.2) is 0 Å². The highest BCUT2D eigenvalue weighted by Gasteiger charge is 2.33. The predicted octanol–water partition coefficient (Wildman–Crippen LogP) is 3.31. The van der Waals surface area contributed by atoms with Crippen LogP contribution in [0.1, 0.15) is 51.7 Å². The number of hydrogen-bond donors (Lipinski definition) is 1. The molecule has 2 saturated heterocycles. The van der Waals surface area contributed by atoms with Gasteiger partial charge in [0.05, 0.1) is 5.92 Å². The summed E-state index contributed by atoms with van der Waals surface area (Å²) in [7, 11) is 0. The monoisotopic (exact) mass is 461 g/mol. The van der Waals surface area contributed by atoms with E-state index in [0.29, 0.717) is 23.8 Å². The number of likely N-dealkylation sites (tertiary alicyclic amines) is 2. The molecule has 10 heteroatoms. The van der Waals surface area contributed by atoms with Crippen LogP contribution in [0.15, 0.2) is 24.3 Å². The Hall–Kier alpha value is -2.52. The summed E-state index contributed by atoms with van der Waals surface area (Å²) in [5.74, 6) is -0.753. The molecule has 1 atom stereocenters. The standard InChI is InChI=1S/C21H24ClN5O3S/c22-15-7-4-8-16(12-15)23-17(28)18-24-25-19(31-18)21(30)27-11-5-6-14(13-27)20(29)26-9-2-1-3-10-26/h4,7-8,12,14H,1-3,5-6,9-11,13H2,(H,23,28). The number of halogens is 1. The third-order valence-electron chi connectivity index (χ3n) is 5.61. The van der Waals surface area contributed by atoms with Crippen LogP contribution < -0.4 is 5.32 Å². The Kier molecular flexibility index (Phi) is 6.82. The molecule has 0 radical (unpaired) electrons. The van der Waals surface area contributed by atoms with Crippen molar-refractivity contribution in [3.05, 3.63) is 39.3 Å². The lowest BCUT2D eigenvalue weighted by atomic mass is 9.95. The Morgan fingerprint density at radius 3 is 2.52 bits per heavy atom. The molecule has 2 aliphatic rings. The van der Waals surface area contributed by atoms with Gasteiger partial charge in [0.25, 0.3) is 11.8 Å². The number of piperidine rings is 2. The van der Waals surface area contributed by atoms with Gasteiger partial charge in [0.2, 0.25) is 15.9 Å². The van der Waals surface area contributed by atoms with Gasteiger partial charge in [-0.05, 0) is 50.3 Å². The first-order chi connectivity index (χ1) is 15.0. The van der Waals surface area contributed by atoms with Gasteiger partial charge >= 0.3 is 0 Å². The molecule has 1 unspecified atom stereocenters. The fourth-order valence-corrected chi connectivity index (χ4v) is 4.92. The molecular weight excluding hydrogens is 438 g/mol. The van der Waals surface area contributed by atoms with E-state index in [0.717, 1.165) is 50.1 Å². The number of amides is 3. The van der Waals surface area contributed by atoms with Gasteiger partial charge in [0.1, 0.15) is 0 Å². The van der Waals surface area contributed by atoms with Crippen LogP contribution in [0.25, 0.3) is 0 Å². The summed E-state index contributed by atoms with van der Waals surface area (Å²) in [4.78, 5) is 41.8. The van der Waals surface area contributed by atoms with E-state index in [2.05, 4.69) is 15.5 Å². The fraction of sp³-hybridized carbons (Fsp3) is 0.476. The van der Waals surface area contributed by atoms with Crippen molar-refractivity contribution in [1.29, 1.82) is 0 Å². The highest BCUT2D eigenvalue weighted by molar-refractivity contribution is 7.15. The Labute approximate surface area is 189 Å². The normalized spacial score (nSPS) is 19.2. The number of carbonyl (C=O) groups is 3. The zero-order chi connectivity index (χ0) is 21.8. The number of carbonyl (C=O) groups excluding carboxylic acids is 3. The second kappa shape index (κ2) is 9.74. The topological polar surface area (TPSA) is 95.5 Å². The third-order valence-corrected chi connectivity index (χ3v) is 6.76. The average molecular weight is 462 g/mol. The lowest BCUT2D eigenvalue weighted by Crippen LogP contribution is -2.47. The van der Waals surface area contributed by atoms with Gasteiger partial charge in [-0.1, -0.05) is 29.0 Å². The fourth-order valence-electron chi connectivity index (χ4n) is 4.02. The van der Waals surface area contributed by atoms with E-state index in [1.165, 1.54) is 6.42 Å². The first kappa shape index (κ1) is 21.7. The first-order valence-electron chi connectivity index (χ1n) is 10.5.